The van der Waals surface area contributed by atoms with Gasteiger partial charge in [0.15, 0.2) is 5.78 Å². The second kappa shape index (κ2) is 15.1. The molecule has 0 saturated carbocycles. The smallest absolute Gasteiger partial charge is 0.305 e. The molecule has 0 atom stereocenters. The first kappa shape index (κ1) is 27.3. The monoisotopic (exact) mass is 422 g/mol. The summed E-state index contributed by atoms with van der Waals surface area (Å²) in [5, 5.41) is 14.2. The van der Waals surface area contributed by atoms with Gasteiger partial charge in [-0.3, -0.25) is 19.2 Å². The number of anilines is 1. The molecule has 0 aliphatic heterocycles. The molecule has 8 nitrogen and oxygen atoms in total. The molecule has 0 bridgehead atoms. The molecule has 168 valence electrons. The molecule has 1 aromatic carbocycles. The number of nitrogens with one attached hydrogen (secondary N) is 2. The first-order chi connectivity index (χ1) is 14.2. The molecule has 0 radical (unpaired) electrons. The molecule has 0 aromatic heterocycles. The molecule has 1 amide bonds. The zero-order chi connectivity index (χ0) is 23.1. The molecule has 0 unspecified atom stereocenters. The molecule has 0 fully saturated rings. The second-order valence-electron chi connectivity index (χ2n) is 6.67. The summed E-state index contributed by atoms with van der Waals surface area (Å²) < 4.78 is 5.42. The molecular formula is C22H34N2O6. The topological polar surface area (TPSA) is 122 Å². The van der Waals surface area contributed by atoms with Crippen molar-refractivity contribution >= 4 is 29.1 Å². The number of hydrogen-bond donors (Lipinski definition) is 3. The van der Waals surface area contributed by atoms with Crippen LogP contribution in [0.5, 0.6) is 0 Å². The van der Waals surface area contributed by atoms with E-state index in [-0.39, 0.29) is 36.0 Å². The highest BCUT2D eigenvalue weighted by atomic mass is 16.5. The number of rotatable bonds is 13. The van der Waals surface area contributed by atoms with Crippen LogP contribution in [0.1, 0.15) is 68.2 Å². The third kappa shape index (κ3) is 11.3. The Kier molecular flexibility index (Phi) is 13.8. The van der Waals surface area contributed by atoms with Gasteiger partial charge in [-0.05, 0) is 25.1 Å². The van der Waals surface area contributed by atoms with Gasteiger partial charge in [0.25, 0.3) is 5.91 Å². The van der Waals surface area contributed by atoms with E-state index in [0.29, 0.717) is 37.4 Å². The van der Waals surface area contributed by atoms with Crippen LogP contribution < -0.4 is 10.6 Å². The number of Topliss-reactive ketones (excluding diaryl/α,β-unsaturated/α-hetero) is 2. The third-order valence-electron chi connectivity index (χ3n) is 3.94. The maximum Gasteiger partial charge on any atom is 0.305 e. The van der Waals surface area contributed by atoms with Gasteiger partial charge in [-0.2, -0.15) is 0 Å². The summed E-state index contributed by atoms with van der Waals surface area (Å²) in [5.41, 5.74) is 1.22. The number of ketones is 2. The van der Waals surface area contributed by atoms with Gasteiger partial charge in [-0.1, -0.05) is 27.7 Å². The summed E-state index contributed by atoms with van der Waals surface area (Å²) in [5.74, 6) is -1.49. The van der Waals surface area contributed by atoms with Gasteiger partial charge in [0.2, 0.25) is 0 Å². The fourth-order valence-corrected chi connectivity index (χ4v) is 2.28. The zero-order valence-electron chi connectivity index (χ0n) is 18.5. The summed E-state index contributed by atoms with van der Waals surface area (Å²) in [6, 6.07) is 4.70. The zero-order valence-corrected chi connectivity index (χ0v) is 18.5. The van der Waals surface area contributed by atoms with Crippen LogP contribution in [-0.2, 0) is 14.3 Å². The lowest BCUT2D eigenvalue weighted by Gasteiger charge is -2.11. The maximum absolute atomic E-state index is 12.2. The van der Waals surface area contributed by atoms with E-state index in [4.69, 9.17) is 9.84 Å². The summed E-state index contributed by atoms with van der Waals surface area (Å²) in [4.78, 5) is 46.0. The molecule has 30 heavy (non-hydrogen) atoms. The quantitative estimate of drug-likeness (QED) is 0.330. The van der Waals surface area contributed by atoms with Gasteiger partial charge in [0.1, 0.15) is 5.78 Å². The Morgan fingerprint density at radius 2 is 1.60 bits per heavy atom. The molecule has 0 saturated heterocycles. The summed E-state index contributed by atoms with van der Waals surface area (Å²) in [6.07, 6.45) is 0.193. The van der Waals surface area contributed by atoms with E-state index in [9.17, 15) is 19.2 Å². The highest BCUT2D eigenvalue weighted by Gasteiger charge is 2.11. The van der Waals surface area contributed by atoms with Crippen LogP contribution >= 0.6 is 0 Å². The molecule has 1 aromatic rings. The third-order valence-corrected chi connectivity index (χ3v) is 3.94. The Hall–Kier alpha value is -2.74. The van der Waals surface area contributed by atoms with Gasteiger partial charge >= 0.3 is 5.97 Å². The molecule has 0 heterocycles. The molecule has 0 aliphatic rings. The van der Waals surface area contributed by atoms with Gasteiger partial charge in [-0.15, -0.1) is 0 Å². The van der Waals surface area contributed by atoms with Crippen LogP contribution in [0.4, 0.5) is 5.69 Å². The lowest BCUT2D eigenvalue weighted by molar-refractivity contribution is -0.136. The van der Waals surface area contributed by atoms with Crippen LogP contribution in [0, 0.1) is 5.92 Å². The number of aliphatic carboxylic acids is 1. The predicted molar refractivity (Wildman–Crippen MR) is 116 cm³/mol. The first-order valence-electron chi connectivity index (χ1n) is 10.2. The van der Waals surface area contributed by atoms with Gasteiger partial charge < -0.3 is 20.5 Å². The number of benzene rings is 1. The molecule has 1 rings (SSSR count). The van der Waals surface area contributed by atoms with E-state index in [1.807, 2.05) is 27.7 Å². The van der Waals surface area contributed by atoms with E-state index in [1.54, 1.807) is 12.1 Å². The fraction of sp³-hybridized carbons (Fsp3) is 0.545. The van der Waals surface area contributed by atoms with Crippen molar-refractivity contribution in [3.05, 3.63) is 29.3 Å². The van der Waals surface area contributed by atoms with Crippen molar-refractivity contribution < 1.29 is 29.0 Å². The Bertz CT molecular complexity index is 716. The van der Waals surface area contributed by atoms with Gasteiger partial charge in [0, 0.05) is 42.2 Å². The van der Waals surface area contributed by atoms with Crippen molar-refractivity contribution in [2.24, 2.45) is 5.92 Å². The van der Waals surface area contributed by atoms with E-state index >= 15 is 0 Å². The molecule has 0 aliphatic carbocycles. The van der Waals surface area contributed by atoms with Crippen molar-refractivity contribution in [3.63, 3.8) is 0 Å². The van der Waals surface area contributed by atoms with Crippen LogP contribution in [-0.4, -0.2) is 54.9 Å². The van der Waals surface area contributed by atoms with Crippen LogP contribution in [0.15, 0.2) is 18.2 Å². The maximum atomic E-state index is 12.2. The van der Waals surface area contributed by atoms with Gasteiger partial charge in [0.05, 0.1) is 19.6 Å². The van der Waals surface area contributed by atoms with E-state index in [0.717, 1.165) is 0 Å². The van der Waals surface area contributed by atoms with Crippen LogP contribution in [0.3, 0.4) is 0 Å². The number of amides is 1. The average molecular weight is 423 g/mol. The number of carbonyl (C=O) groups is 4. The largest absolute Gasteiger partial charge is 0.481 e. The molecule has 3 N–H and O–H groups in total. The number of hydrogen-bond acceptors (Lipinski definition) is 6. The van der Waals surface area contributed by atoms with Crippen LogP contribution in [0.25, 0.3) is 0 Å². The van der Waals surface area contributed by atoms with Crippen molar-refractivity contribution in [2.45, 2.75) is 47.5 Å². The standard InChI is InChI=1S/C20H28N2O6.C2H6/c1-13(2)18(24)5-8-28-9-7-21-17-11-15(14(3)23)10-16(12-17)20(27)22-6-4-19(25)26;1-2/h10-13,21H,4-9H2,1-3H3,(H,22,27)(H,25,26);1-2H3. The highest BCUT2D eigenvalue weighted by Crippen LogP contribution is 2.16. The van der Waals surface area contributed by atoms with Crippen molar-refractivity contribution in [3.8, 4) is 0 Å². The minimum atomic E-state index is -1.00. The Balaban J connectivity index is 0.00000407. The van der Waals surface area contributed by atoms with Crippen molar-refractivity contribution in [1.29, 1.82) is 0 Å². The molecular weight excluding hydrogens is 388 g/mol. The lowest BCUT2D eigenvalue weighted by Crippen LogP contribution is -2.26. The number of carbonyl (C=O) groups excluding carboxylic acids is 3. The fourth-order valence-electron chi connectivity index (χ4n) is 2.28. The Labute approximate surface area is 178 Å². The van der Waals surface area contributed by atoms with E-state index in [1.165, 1.54) is 13.0 Å². The molecule has 8 heteroatoms. The Morgan fingerprint density at radius 3 is 2.17 bits per heavy atom. The second-order valence-corrected chi connectivity index (χ2v) is 6.67. The van der Waals surface area contributed by atoms with E-state index in [2.05, 4.69) is 10.6 Å². The predicted octanol–water partition coefficient (Wildman–Crippen LogP) is 3.16. The summed E-state index contributed by atoms with van der Waals surface area (Å²) in [7, 11) is 0. The Morgan fingerprint density at radius 1 is 0.967 bits per heavy atom. The van der Waals surface area contributed by atoms with E-state index < -0.39 is 11.9 Å². The highest BCUT2D eigenvalue weighted by molar-refractivity contribution is 6.01. The van der Waals surface area contributed by atoms with Crippen LogP contribution in [0.2, 0.25) is 0 Å². The molecule has 0 spiro atoms. The normalized spacial score (nSPS) is 10.1. The number of carboxylic acids is 1. The average Bonchev–Trinajstić information content (AvgIpc) is 2.71. The number of ether oxygens (including phenoxy) is 1. The van der Waals surface area contributed by atoms with Crippen molar-refractivity contribution in [1.82, 2.24) is 5.32 Å². The minimum absolute atomic E-state index is 0.00360. The summed E-state index contributed by atoms with van der Waals surface area (Å²) >= 11 is 0. The lowest BCUT2D eigenvalue weighted by atomic mass is 10.1. The van der Waals surface area contributed by atoms with Gasteiger partial charge in [-0.25, -0.2) is 0 Å². The first-order valence-corrected chi connectivity index (χ1v) is 10.2. The number of carboxylic acid groups (broad SMARTS) is 1. The van der Waals surface area contributed by atoms with Crippen molar-refractivity contribution in [2.75, 3.05) is 31.6 Å². The summed E-state index contributed by atoms with van der Waals surface area (Å²) in [6.45, 7) is 10.3. The minimum Gasteiger partial charge on any atom is -0.481 e. The SMILES string of the molecule is CC.CC(=O)c1cc(NCCOCCC(=O)C(C)C)cc(C(=O)NCCC(=O)O)c1.